The standard InChI is InChI=1S/C16H17ClN2OS/c1-16(2,3)13-10-21-15(18-13)19-14(20)9-6-11-4-7-12(17)8-5-11/h4-10H,1-3H3,(H,18,19,20)/b9-6+. The van der Waals surface area contributed by atoms with Gasteiger partial charge < -0.3 is 0 Å². The van der Waals surface area contributed by atoms with Crippen molar-refractivity contribution >= 4 is 40.1 Å². The summed E-state index contributed by atoms with van der Waals surface area (Å²) in [7, 11) is 0. The van der Waals surface area contributed by atoms with Crippen LogP contribution in [0.3, 0.4) is 0 Å². The number of carbonyl (C=O) groups is 1. The molecule has 2 aromatic rings. The topological polar surface area (TPSA) is 42.0 Å². The minimum Gasteiger partial charge on any atom is -0.298 e. The van der Waals surface area contributed by atoms with E-state index in [2.05, 4.69) is 31.1 Å². The second-order valence-corrected chi connectivity index (χ2v) is 6.96. The number of nitrogens with zero attached hydrogens (tertiary/aromatic N) is 1. The van der Waals surface area contributed by atoms with E-state index in [1.165, 1.54) is 17.4 Å². The van der Waals surface area contributed by atoms with Crippen molar-refractivity contribution in [1.82, 2.24) is 4.98 Å². The highest BCUT2D eigenvalue weighted by molar-refractivity contribution is 7.14. The molecule has 110 valence electrons. The van der Waals surface area contributed by atoms with Gasteiger partial charge in [-0.05, 0) is 23.8 Å². The molecule has 1 amide bonds. The predicted octanol–water partition coefficient (Wildman–Crippen LogP) is 4.75. The van der Waals surface area contributed by atoms with E-state index < -0.39 is 0 Å². The summed E-state index contributed by atoms with van der Waals surface area (Å²) >= 11 is 7.24. The normalized spacial score (nSPS) is 11.8. The Balaban J connectivity index is 1.98. The summed E-state index contributed by atoms with van der Waals surface area (Å²) in [5.41, 5.74) is 1.88. The molecule has 0 atom stereocenters. The summed E-state index contributed by atoms with van der Waals surface area (Å²) in [6, 6.07) is 7.28. The van der Waals surface area contributed by atoms with Gasteiger partial charge in [-0.15, -0.1) is 11.3 Å². The number of amides is 1. The number of rotatable bonds is 3. The molecule has 5 heteroatoms. The van der Waals surface area contributed by atoms with Crippen LogP contribution in [0.15, 0.2) is 35.7 Å². The first kappa shape index (κ1) is 15.7. The maximum Gasteiger partial charge on any atom is 0.250 e. The first-order chi connectivity index (χ1) is 9.84. The van der Waals surface area contributed by atoms with Crippen LogP contribution in [0.4, 0.5) is 5.13 Å². The van der Waals surface area contributed by atoms with Crippen molar-refractivity contribution < 1.29 is 4.79 Å². The maximum atomic E-state index is 11.9. The van der Waals surface area contributed by atoms with Gasteiger partial charge in [0.25, 0.3) is 0 Å². The van der Waals surface area contributed by atoms with Crippen LogP contribution in [-0.4, -0.2) is 10.9 Å². The lowest BCUT2D eigenvalue weighted by atomic mass is 9.93. The SMILES string of the molecule is CC(C)(C)c1csc(NC(=O)/C=C/c2ccc(Cl)cc2)n1. The highest BCUT2D eigenvalue weighted by Crippen LogP contribution is 2.26. The summed E-state index contributed by atoms with van der Waals surface area (Å²) in [5.74, 6) is -0.195. The van der Waals surface area contributed by atoms with Crippen molar-refractivity contribution in [3.05, 3.63) is 52.0 Å². The van der Waals surface area contributed by atoms with Crippen molar-refractivity contribution in [2.75, 3.05) is 5.32 Å². The molecule has 0 saturated carbocycles. The van der Waals surface area contributed by atoms with Gasteiger partial charge in [0.05, 0.1) is 5.69 Å². The predicted molar refractivity (Wildman–Crippen MR) is 89.9 cm³/mol. The van der Waals surface area contributed by atoms with Gasteiger partial charge in [0.15, 0.2) is 5.13 Å². The Morgan fingerprint density at radius 1 is 1.29 bits per heavy atom. The first-order valence-electron chi connectivity index (χ1n) is 6.55. The third-order valence-corrected chi connectivity index (χ3v) is 3.81. The number of hydrogen-bond donors (Lipinski definition) is 1. The maximum absolute atomic E-state index is 11.9. The fraction of sp³-hybridized carbons (Fsp3) is 0.250. The van der Waals surface area contributed by atoms with E-state index in [1.807, 2.05) is 17.5 Å². The van der Waals surface area contributed by atoms with E-state index in [0.717, 1.165) is 11.3 Å². The summed E-state index contributed by atoms with van der Waals surface area (Å²) in [5, 5.41) is 6.03. The zero-order valence-corrected chi connectivity index (χ0v) is 13.8. The molecule has 0 radical (unpaired) electrons. The second-order valence-electron chi connectivity index (χ2n) is 5.66. The number of halogens is 1. The highest BCUT2D eigenvalue weighted by Gasteiger charge is 2.17. The summed E-state index contributed by atoms with van der Waals surface area (Å²) in [6.07, 6.45) is 3.23. The number of benzene rings is 1. The monoisotopic (exact) mass is 320 g/mol. The average molecular weight is 321 g/mol. The summed E-state index contributed by atoms with van der Waals surface area (Å²) < 4.78 is 0. The van der Waals surface area contributed by atoms with Gasteiger partial charge >= 0.3 is 0 Å². The number of carbonyl (C=O) groups excluding carboxylic acids is 1. The molecular formula is C16H17ClN2OS. The number of aromatic nitrogens is 1. The van der Waals surface area contributed by atoms with Crippen molar-refractivity contribution in [3.8, 4) is 0 Å². The van der Waals surface area contributed by atoms with Gasteiger partial charge in [-0.1, -0.05) is 44.5 Å². The van der Waals surface area contributed by atoms with Crippen LogP contribution in [-0.2, 0) is 10.2 Å². The Hall–Kier alpha value is -1.65. The lowest BCUT2D eigenvalue weighted by molar-refractivity contribution is -0.111. The van der Waals surface area contributed by atoms with Crippen molar-refractivity contribution in [2.24, 2.45) is 0 Å². The summed E-state index contributed by atoms with van der Waals surface area (Å²) in [4.78, 5) is 16.3. The van der Waals surface area contributed by atoms with Crippen LogP contribution in [0.25, 0.3) is 6.08 Å². The summed E-state index contributed by atoms with van der Waals surface area (Å²) in [6.45, 7) is 6.27. The minimum absolute atomic E-state index is 0.0153. The van der Waals surface area contributed by atoms with Crippen LogP contribution >= 0.6 is 22.9 Å². The molecule has 0 bridgehead atoms. The average Bonchev–Trinajstić information content (AvgIpc) is 2.86. The zero-order valence-electron chi connectivity index (χ0n) is 12.2. The largest absolute Gasteiger partial charge is 0.298 e. The van der Waals surface area contributed by atoms with Crippen molar-refractivity contribution in [1.29, 1.82) is 0 Å². The zero-order chi connectivity index (χ0) is 15.5. The molecule has 1 aromatic heterocycles. The van der Waals surface area contributed by atoms with Crippen LogP contribution in [0.5, 0.6) is 0 Å². The number of anilines is 1. The molecule has 0 aliphatic carbocycles. The van der Waals surface area contributed by atoms with Gasteiger partial charge in [0.2, 0.25) is 5.91 Å². The molecular weight excluding hydrogens is 304 g/mol. The van der Waals surface area contributed by atoms with E-state index in [-0.39, 0.29) is 11.3 Å². The van der Waals surface area contributed by atoms with Crippen LogP contribution in [0, 0.1) is 0 Å². The molecule has 1 N–H and O–H groups in total. The molecule has 1 aromatic carbocycles. The number of hydrogen-bond acceptors (Lipinski definition) is 3. The lowest BCUT2D eigenvalue weighted by Gasteiger charge is -2.14. The quantitative estimate of drug-likeness (QED) is 0.829. The van der Waals surface area contributed by atoms with E-state index in [0.29, 0.717) is 10.2 Å². The molecule has 0 fully saturated rings. The Morgan fingerprint density at radius 3 is 2.52 bits per heavy atom. The van der Waals surface area contributed by atoms with Crippen LogP contribution in [0.1, 0.15) is 32.0 Å². The van der Waals surface area contributed by atoms with Crippen molar-refractivity contribution in [3.63, 3.8) is 0 Å². The number of thiazole rings is 1. The third kappa shape index (κ3) is 4.69. The van der Waals surface area contributed by atoms with Gasteiger partial charge in [0.1, 0.15) is 0 Å². The molecule has 0 aliphatic heterocycles. The second kappa shape index (κ2) is 6.41. The third-order valence-electron chi connectivity index (χ3n) is 2.80. The first-order valence-corrected chi connectivity index (χ1v) is 7.81. The van der Waals surface area contributed by atoms with E-state index >= 15 is 0 Å². The molecule has 0 saturated heterocycles. The Morgan fingerprint density at radius 2 is 1.95 bits per heavy atom. The Bertz CT molecular complexity index is 654. The molecule has 3 nitrogen and oxygen atoms in total. The minimum atomic E-state index is -0.195. The van der Waals surface area contributed by atoms with Crippen molar-refractivity contribution in [2.45, 2.75) is 26.2 Å². The van der Waals surface area contributed by atoms with Crippen LogP contribution < -0.4 is 5.32 Å². The van der Waals surface area contributed by atoms with Gasteiger partial charge in [-0.25, -0.2) is 4.98 Å². The highest BCUT2D eigenvalue weighted by atomic mass is 35.5. The molecule has 2 rings (SSSR count). The van der Waals surface area contributed by atoms with Gasteiger partial charge in [0, 0.05) is 21.9 Å². The fourth-order valence-corrected chi connectivity index (χ4v) is 2.63. The Kier molecular flexibility index (Phi) is 4.80. The van der Waals surface area contributed by atoms with E-state index in [9.17, 15) is 4.79 Å². The van der Waals surface area contributed by atoms with Crippen LogP contribution in [0.2, 0.25) is 5.02 Å². The molecule has 1 heterocycles. The fourth-order valence-electron chi connectivity index (χ4n) is 1.57. The smallest absolute Gasteiger partial charge is 0.250 e. The van der Waals surface area contributed by atoms with E-state index in [1.54, 1.807) is 18.2 Å². The molecule has 0 unspecified atom stereocenters. The van der Waals surface area contributed by atoms with Gasteiger partial charge in [-0.2, -0.15) is 0 Å². The molecule has 0 aliphatic rings. The van der Waals surface area contributed by atoms with Gasteiger partial charge in [-0.3, -0.25) is 10.1 Å². The van der Waals surface area contributed by atoms with E-state index in [4.69, 9.17) is 11.6 Å². The Labute approximate surface area is 133 Å². The molecule has 21 heavy (non-hydrogen) atoms. The number of nitrogens with one attached hydrogen (secondary N) is 1. The lowest BCUT2D eigenvalue weighted by Crippen LogP contribution is -2.12. The molecule has 0 spiro atoms.